The summed E-state index contributed by atoms with van der Waals surface area (Å²) in [4.78, 5) is 16.5. The lowest BCUT2D eigenvalue weighted by Crippen LogP contribution is -2.19. The Morgan fingerprint density at radius 3 is 2.81 bits per heavy atom. The van der Waals surface area contributed by atoms with Crippen LogP contribution in [-0.2, 0) is 11.2 Å². The summed E-state index contributed by atoms with van der Waals surface area (Å²) in [5.74, 6) is -0.885. The molecule has 3 N–H and O–H groups in total. The number of aromatic hydroxyl groups is 2. The highest BCUT2D eigenvalue weighted by Gasteiger charge is 2.10. The first-order valence-corrected chi connectivity index (χ1v) is 8.86. The summed E-state index contributed by atoms with van der Waals surface area (Å²) < 4.78 is 4.95. The number of phenolic OH excluding ortho intramolecular Hbond substituents is 2. The van der Waals surface area contributed by atoms with Gasteiger partial charge in [-0.15, -0.1) is 11.3 Å². The third kappa shape index (κ3) is 4.62. The molecular formula is C19H17N3O4S. The Labute approximate surface area is 159 Å². The Kier molecular flexibility index (Phi) is 5.68. The lowest BCUT2D eigenvalue weighted by molar-refractivity contribution is -0.120. The fourth-order valence-electron chi connectivity index (χ4n) is 2.33. The summed E-state index contributed by atoms with van der Waals surface area (Å²) in [6, 6.07) is 12.5. The first-order chi connectivity index (χ1) is 13.1. The van der Waals surface area contributed by atoms with E-state index < -0.39 is 0 Å². The van der Waals surface area contributed by atoms with Crippen molar-refractivity contribution in [3.05, 3.63) is 58.4 Å². The van der Waals surface area contributed by atoms with Crippen LogP contribution in [0.2, 0.25) is 0 Å². The van der Waals surface area contributed by atoms with Crippen molar-refractivity contribution in [3.8, 4) is 28.5 Å². The number of nitrogens with zero attached hydrogens (tertiary/aromatic N) is 2. The normalized spacial score (nSPS) is 10.9. The second kappa shape index (κ2) is 8.33. The van der Waals surface area contributed by atoms with E-state index in [2.05, 4.69) is 15.5 Å². The number of amides is 1. The number of hydrogen-bond donors (Lipinski definition) is 3. The van der Waals surface area contributed by atoms with Gasteiger partial charge in [0.25, 0.3) is 0 Å². The van der Waals surface area contributed by atoms with Gasteiger partial charge < -0.3 is 14.9 Å². The number of nitrogens with one attached hydrogen (secondary N) is 1. The lowest BCUT2D eigenvalue weighted by atomic mass is 10.2. The molecule has 0 fully saturated rings. The van der Waals surface area contributed by atoms with Crippen molar-refractivity contribution < 1.29 is 19.7 Å². The van der Waals surface area contributed by atoms with Crippen LogP contribution in [0.3, 0.4) is 0 Å². The second-order valence-electron chi connectivity index (χ2n) is 5.55. The van der Waals surface area contributed by atoms with E-state index >= 15 is 0 Å². The molecule has 2 aromatic carbocycles. The van der Waals surface area contributed by atoms with Gasteiger partial charge in [0.1, 0.15) is 5.01 Å². The molecule has 0 aliphatic carbocycles. The molecule has 3 rings (SSSR count). The summed E-state index contributed by atoms with van der Waals surface area (Å²) >= 11 is 1.41. The number of aromatic nitrogens is 1. The molecule has 3 aromatic rings. The van der Waals surface area contributed by atoms with Crippen molar-refractivity contribution in [1.29, 1.82) is 0 Å². The first kappa shape index (κ1) is 18.4. The molecule has 27 heavy (non-hydrogen) atoms. The number of rotatable bonds is 6. The van der Waals surface area contributed by atoms with Crippen molar-refractivity contribution in [1.82, 2.24) is 10.4 Å². The summed E-state index contributed by atoms with van der Waals surface area (Å²) in [7, 11) is 1.37. The Hall–Kier alpha value is -3.39. The SMILES string of the molecule is COc1cc(/C=N/NC(=O)Cc2nc(-c3ccccc3)cs2)cc(O)c1O. The molecule has 1 heterocycles. The molecule has 0 bridgehead atoms. The van der Waals surface area contributed by atoms with Gasteiger partial charge in [0, 0.05) is 16.5 Å². The first-order valence-electron chi connectivity index (χ1n) is 7.98. The van der Waals surface area contributed by atoms with Crippen LogP contribution in [0.4, 0.5) is 0 Å². The molecular weight excluding hydrogens is 366 g/mol. The molecule has 0 spiro atoms. The summed E-state index contributed by atoms with van der Waals surface area (Å²) in [5, 5.41) is 25.7. The van der Waals surface area contributed by atoms with Gasteiger partial charge in [0.2, 0.25) is 11.7 Å². The quantitative estimate of drug-likeness (QED) is 0.345. The molecule has 0 saturated carbocycles. The van der Waals surface area contributed by atoms with Gasteiger partial charge in [-0.1, -0.05) is 30.3 Å². The van der Waals surface area contributed by atoms with Crippen molar-refractivity contribution in [2.45, 2.75) is 6.42 Å². The van der Waals surface area contributed by atoms with Gasteiger partial charge >= 0.3 is 0 Å². The summed E-state index contributed by atoms with van der Waals surface area (Å²) in [6.45, 7) is 0. The van der Waals surface area contributed by atoms with E-state index in [9.17, 15) is 15.0 Å². The molecule has 0 aliphatic heterocycles. The monoisotopic (exact) mass is 383 g/mol. The van der Waals surface area contributed by atoms with E-state index in [0.717, 1.165) is 11.3 Å². The highest BCUT2D eigenvalue weighted by atomic mass is 32.1. The molecule has 1 aromatic heterocycles. The van der Waals surface area contributed by atoms with Crippen LogP contribution in [-0.4, -0.2) is 34.4 Å². The zero-order valence-electron chi connectivity index (χ0n) is 14.4. The minimum Gasteiger partial charge on any atom is -0.504 e. The maximum absolute atomic E-state index is 12.0. The number of methoxy groups -OCH3 is 1. The number of carbonyl (C=O) groups excluding carboxylic acids is 1. The highest BCUT2D eigenvalue weighted by molar-refractivity contribution is 7.10. The maximum Gasteiger partial charge on any atom is 0.246 e. The second-order valence-corrected chi connectivity index (χ2v) is 6.50. The van der Waals surface area contributed by atoms with Gasteiger partial charge in [-0.25, -0.2) is 10.4 Å². The molecule has 8 heteroatoms. The fraction of sp³-hybridized carbons (Fsp3) is 0.105. The number of carbonyl (C=O) groups is 1. The predicted molar refractivity (Wildman–Crippen MR) is 103 cm³/mol. The third-order valence-corrected chi connectivity index (χ3v) is 4.48. The van der Waals surface area contributed by atoms with Crippen molar-refractivity contribution in [2.75, 3.05) is 7.11 Å². The number of thiazole rings is 1. The zero-order valence-corrected chi connectivity index (χ0v) is 15.2. The van der Waals surface area contributed by atoms with Crippen LogP contribution >= 0.6 is 11.3 Å². The number of hydrogen-bond acceptors (Lipinski definition) is 7. The fourth-order valence-corrected chi connectivity index (χ4v) is 3.14. The van der Waals surface area contributed by atoms with E-state index in [1.54, 1.807) is 0 Å². The smallest absolute Gasteiger partial charge is 0.246 e. The molecule has 0 aliphatic rings. The van der Waals surface area contributed by atoms with Gasteiger partial charge in [0.05, 0.1) is 25.4 Å². The summed E-state index contributed by atoms with van der Waals surface area (Å²) in [6.07, 6.45) is 1.45. The zero-order chi connectivity index (χ0) is 19.2. The third-order valence-electron chi connectivity index (χ3n) is 3.63. The van der Waals surface area contributed by atoms with Crippen molar-refractivity contribution >= 4 is 23.5 Å². The molecule has 138 valence electrons. The highest BCUT2D eigenvalue weighted by Crippen LogP contribution is 2.35. The largest absolute Gasteiger partial charge is 0.504 e. The molecule has 0 saturated heterocycles. The minimum atomic E-state index is -0.350. The Bertz CT molecular complexity index is 970. The summed E-state index contributed by atoms with van der Waals surface area (Å²) in [5.41, 5.74) is 4.71. The minimum absolute atomic E-state index is 0.110. The predicted octanol–water partition coefficient (Wildman–Crippen LogP) is 2.92. The van der Waals surface area contributed by atoms with E-state index in [1.165, 1.54) is 36.8 Å². The molecule has 1 amide bonds. The van der Waals surface area contributed by atoms with E-state index in [4.69, 9.17) is 4.74 Å². The van der Waals surface area contributed by atoms with Crippen LogP contribution in [0.5, 0.6) is 17.2 Å². The Morgan fingerprint density at radius 1 is 1.30 bits per heavy atom. The van der Waals surface area contributed by atoms with Gasteiger partial charge in [0.15, 0.2) is 11.5 Å². The van der Waals surface area contributed by atoms with Crippen LogP contribution in [0.15, 0.2) is 52.9 Å². The Balaban J connectivity index is 1.60. The van der Waals surface area contributed by atoms with Gasteiger partial charge in [-0.3, -0.25) is 4.79 Å². The average Bonchev–Trinajstić information content (AvgIpc) is 3.13. The van der Waals surface area contributed by atoms with Gasteiger partial charge in [-0.2, -0.15) is 5.10 Å². The van der Waals surface area contributed by atoms with Crippen LogP contribution in [0.25, 0.3) is 11.3 Å². The van der Waals surface area contributed by atoms with Gasteiger partial charge in [-0.05, 0) is 12.1 Å². The van der Waals surface area contributed by atoms with Crippen molar-refractivity contribution in [2.24, 2.45) is 5.10 Å². The maximum atomic E-state index is 12.0. The number of benzene rings is 2. The molecule has 0 unspecified atom stereocenters. The number of ether oxygens (including phenoxy) is 1. The number of phenols is 2. The average molecular weight is 383 g/mol. The lowest BCUT2D eigenvalue weighted by Gasteiger charge is -2.06. The van der Waals surface area contributed by atoms with E-state index in [1.807, 2.05) is 35.7 Å². The molecule has 7 nitrogen and oxygen atoms in total. The molecule has 0 radical (unpaired) electrons. The van der Waals surface area contributed by atoms with Crippen LogP contribution < -0.4 is 10.2 Å². The number of hydrazone groups is 1. The standard InChI is InChI=1S/C19H17N3O4S/c1-26-16-8-12(7-15(23)19(16)25)10-20-22-17(24)9-18-21-14(11-27-18)13-5-3-2-4-6-13/h2-8,10-11,23,25H,9H2,1H3,(H,22,24)/b20-10+. The molecule has 0 atom stereocenters. The van der Waals surface area contributed by atoms with Crippen LogP contribution in [0, 0.1) is 0 Å². The van der Waals surface area contributed by atoms with E-state index in [0.29, 0.717) is 10.6 Å². The van der Waals surface area contributed by atoms with E-state index in [-0.39, 0.29) is 29.6 Å². The van der Waals surface area contributed by atoms with Crippen LogP contribution in [0.1, 0.15) is 10.6 Å². The van der Waals surface area contributed by atoms with Crippen molar-refractivity contribution in [3.63, 3.8) is 0 Å². The Morgan fingerprint density at radius 2 is 2.07 bits per heavy atom. The topological polar surface area (TPSA) is 104 Å².